The van der Waals surface area contributed by atoms with Crippen molar-refractivity contribution in [1.82, 2.24) is 0 Å². The van der Waals surface area contributed by atoms with Crippen LogP contribution in [-0.2, 0) is 28.6 Å². The summed E-state index contributed by atoms with van der Waals surface area (Å²) in [7, 11) is 1.45. The van der Waals surface area contributed by atoms with E-state index < -0.39 is 5.60 Å². The Morgan fingerprint density at radius 2 is 1.97 bits per heavy atom. The molecule has 2 heterocycles. The Hall–Kier alpha value is -1.69. The molecule has 1 spiro atoms. The summed E-state index contributed by atoms with van der Waals surface area (Å²) in [4.78, 5) is 37.4. The number of ketones is 1. The number of hydrogen-bond donors (Lipinski definition) is 0. The van der Waals surface area contributed by atoms with Gasteiger partial charge in [-0.15, -0.1) is 0 Å². The Morgan fingerprint density at radius 3 is 2.67 bits per heavy atom. The Kier molecular flexibility index (Phi) is 3.65. The van der Waals surface area contributed by atoms with Crippen molar-refractivity contribution in [3.05, 3.63) is 11.6 Å². The van der Waals surface area contributed by atoms with Gasteiger partial charge in [0.2, 0.25) is 0 Å². The van der Waals surface area contributed by atoms with Crippen molar-refractivity contribution < 1.29 is 28.6 Å². The Morgan fingerprint density at radius 1 is 1.17 bits per heavy atom. The molecule has 0 N–H and O–H groups in total. The van der Waals surface area contributed by atoms with Crippen molar-refractivity contribution in [2.24, 2.45) is 34.5 Å². The molecule has 6 aliphatic rings. The molecule has 4 aliphatic carbocycles. The topological polar surface area (TPSA) is 82.2 Å². The van der Waals surface area contributed by atoms with Crippen molar-refractivity contribution >= 4 is 17.7 Å². The maximum absolute atomic E-state index is 13.0. The zero-order chi connectivity index (χ0) is 21.1. The van der Waals surface area contributed by atoms with Crippen LogP contribution >= 0.6 is 0 Å². The quantitative estimate of drug-likeness (QED) is 0.373. The lowest BCUT2D eigenvalue weighted by molar-refractivity contribution is -0.170. The van der Waals surface area contributed by atoms with Gasteiger partial charge < -0.3 is 14.2 Å². The van der Waals surface area contributed by atoms with Crippen molar-refractivity contribution in [1.29, 1.82) is 0 Å². The number of epoxide rings is 1. The lowest BCUT2D eigenvalue weighted by Crippen LogP contribution is -2.61. The molecule has 5 unspecified atom stereocenters. The summed E-state index contributed by atoms with van der Waals surface area (Å²) in [6.07, 6.45) is 7.04. The summed E-state index contributed by atoms with van der Waals surface area (Å²) in [6.45, 7) is 4.52. The highest BCUT2D eigenvalue weighted by molar-refractivity contribution is 5.84. The van der Waals surface area contributed by atoms with Crippen LogP contribution in [0.5, 0.6) is 0 Å². The highest BCUT2D eigenvalue weighted by Gasteiger charge is 2.79. The maximum Gasteiger partial charge on any atom is 0.312 e. The van der Waals surface area contributed by atoms with Crippen LogP contribution in [-0.4, -0.2) is 42.6 Å². The van der Waals surface area contributed by atoms with E-state index in [-0.39, 0.29) is 64.4 Å². The van der Waals surface area contributed by atoms with Crippen molar-refractivity contribution in [2.45, 2.75) is 76.6 Å². The number of fused-ring (bicyclic) bond motifs is 9. The smallest absolute Gasteiger partial charge is 0.312 e. The molecule has 162 valence electrons. The normalized spacial score (nSPS) is 53.2. The van der Waals surface area contributed by atoms with E-state index >= 15 is 0 Å². The van der Waals surface area contributed by atoms with Gasteiger partial charge in [-0.25, -0.2) is 0 Å². The summed E-state index contributed by atoms with van der Waals surface area (Å²) in [5, 5.41) is 0. The van der Waals surface area contributed by atoms with Gasteiger partial charge in [0.25, 0.3) is 0 Å². The number of rotatable bonds is 1. The molecule has 0 aromatic rings. The van der Waals surface area contributed by atoms with E-state index in [0.717, 1.165) is 31.3 Å². The summed E-state index contributed by atoms with van der Waals surface area (Å²) < 4.78 is 17.7. The fourth-order valence-corrected chi connectivity index (χ4v) is 8.53. The first-order valence-corrected chi connectivity index (χ1v) is 11.4. The average molecular weight is 414 g/mol. The van der Waals surface area contributed by atoms with Crippen molar-refractivity contribution in [3.8, 4) is 0 Å². The van der Waals surface area contributed by atoms with E-state index in [0.29, 0.717) is 19.3 Å². The molecule has 6 heteroatoms. The van der Waals surface area contributed by atoms with Crippen molar-refractivity contribution in [2.75, 3.05) is 7.11 Å². The molecular formula is C24H30O6. The summed E-state index contributed by atoms with van der Waals surface area (Å²) >= 11 is 0. The van der Waals surface area contributed by atoms with Crippen LogP contribution < -0.4 is 0 Å². The van der Waals surface area contributed by atoms with Gasteiger partial charge in [0.1, 0.15) is 11.4 Å². The number of methoxy groups -OCH3 is 1. The van der Waals surface area contributed by atoms with Gasteiger partial charge in [-0.05, 0) is 42.9 Å². The number of hydrogen-bond acceptors (Lipinski definition) is 6. The first-order chi connectivity index (χ1) is 14.2. The Balaban J connectivity index is 1.49. The van der Waals surface area contributed by atoms with Gasteiger partial charge in [-0.2, -0.15) is 0 Å². The number of esters is 2. The van der Waals surface area contributed by atoms with Crippen LogP contribution in [0.4, 0.5) is 0 Å². The second-order valence-electron chi connectivity index (χ2n) is 10.9. The molecule has 6 rings (SSSR count). The van der Waals surface area contributed by atoms with Gasteiger partial charge in [0.05, 0.1) is 25.2 Å². The molecule has 5 fully saturated rings. The predicted octanol–water partition coefficient (Wildman–Crippen LogP) is 2.98. The molecule has 2 aliphatic heterocycles. The molecule has 0 amide bonds. The first-order valence-electron chi connectivity index (χ1n) is 11.4. The van der Waals surface area contributed by atoms with E-state index in [1.807, 2.05) is 0 Å². The number of Topliss-reactive ketones (excluding diaryl/α,β-unsaturated/α-hetero) is 1. The fourth-order valence-electron chi connectivity index (χ4n) is 8.53. The fraction of sp³-hybridized carbons (Fsp3) is 0.792. The second kappa shape index (κ2) is 5.76. The van der Waals surface area contributed by atoms with Gasteiger partial charge in [0.15, 0.2) is 0 Å². The minimum absolute atomic E-state index is 0.0552. The van der Waals surface area contributed by atoms with E-state index in [4.69, 9.17) is 14.2 Å². The van der Waals surface area contributed by atoms with Crippen LogP contribution in [0.2, 0.25) is 0 Å². The highest BCUT2D eigenvalue weighted by atomic mass is 16.6. The van der Waals surface area contributed by atoms with Gasteiger partial charge in [-0.3, -0.25) is 14.4 Å². The third-order valence-corrected chi connectivity index (χ3v) is 10.1. The number of allylic oxidation sites excluding steroid dienone is 1. The second-order valence-corrected chi connectivity index (χ2v) is 10.9. The Labute approximate surface area is 176 Å². The minimum Gasteiger partial charge on any atom is -0.469 e. The molecule has 0 aromatic carbocycles. The number of carbonyl (C=O) groups is 3. The summed E-state index contributed by atoms with van der Waals surface area (Å²) in [6, 6.07) is 0. The van der Waals surface area contributed by atoms with E-state index in [9.17, 15) is 14.4 Å². The molecule has 0 aromatic heterocycles. The van der Waals surface area contributed by atoms with Gasteiger partial charge in [0, 0.05) is 30.6 Å². The van der Waals surface area contributed by atoms with Gasteiger partial charge in [-0.1, -0.05) is 25.5 Å². The Bertz CT molecular complexity index is 892. The van der Waals surface area contributed by atoms with E-state index in [1.165, 1.54) is 7.11 Å². The zero-order valence-corrected chi connectivity index (χ0v) is 17.9. The summed E-state index contributed by atoms with van der Waals surface area (Å²) in [5.41, 5.74) is 0.246. The average Bonchev–Trinajstić information content (AvgIpc) is 3.35. The largest absolute Gasteiger partial charge is 0.469 e. The number of ether oxygens (including phenoxy) is 3. The van der Waals surface area contributed by atoms with Crippen LogP contribution in [0, 0.1) is 34.5 Å². The van der Waals surface area contributed by atoms with Crippen LogP contribution in [0.15, 0.2) is 11.6 Å². The standard InChI is InChI=1S/C24H30O6/c1-22-7-4-13(25)10-12(22)11-14(21(27)28-3)17-15-5-8-24(9-6-16(26)30-24)23(15,2)20-19(29-20)18(17)22/h11,14-15,17-20H,4-10H2,1-3H3/t14-,15?,17?,18?,19-,20?,22+,23-,24?/m1/s1. The molecule has 9 atom stereocenters. The minimum atomic E-state index is -0.465. The van der Waals surface area contributed by atoms with Crippen LogP contribution in [0.25, 0.3) is 0 Å². The van der Waals surface area contributed by atoms with E-state index in [2.05, 4.69) is 19.9 Å². The molecule has 30 heavy (non-hydrogen) atoms. The lowest BCUT2D eigenvalue weighted by atomic mass is 9.45. The number of carbonyl (C=O) groups excluding carboxylic acids is 3. The third kappa shape index (κ3) is 2.07. The van der Waals surface area contributed by atoms with Crippen LogP contribution in [0.3, 0.4) is 0 Å². The van der Waals surface area contributed by atoms with Crippen LogP contribution in [0.1, 0.15) is 58.8 Å². The summed E-state index contributed by atoms with van der Waals surface area (Å²) in [5.74, 6) is 0.0844. The SMILES string of the molecule is COC(=O)[C@@H]1C=C2CC(=O)CC[C@]2(C)C2C1C1CCC3(CCC(=O)O3)[C@@]1(C)C1O[C@@H]12. The first kappa shape index (κ1) is 19.0. The molecule has 0 bridgehead atoms. The maximum atomic E-state index is 13.0. The van der Waals surface area contributed by atoms with Crippen molar-refractivity contribution in [3.63, 3.8) is 0 Å². The highest BCUT2D eigenvalue weighted by Crippen LogP contribution is 2.74. The molecular weight excluding hydrogens is 384 g/mol. The molecule has 3 saturated carbocycles. The zero-order valence-electron chi connectivity index (χ0n) is 17.9. The predicted molar refractivity (Wildman–Crippen MR) is 105 cm³/mol. The molecule has 2 saturated heterocycles. The van der Waals surface area contributed by atoms with Gasteiger partial charge >= 0.3 is 11.9 Å². The molecule has 0 radical (unpaired) electrons. The molecule has 6 nitrogen and oxygen atoms in total. The lowest BCUT2D eigenvalue weighted by Gasteiger charge is -2.57. The van der Waals surface area contributed by atoms with E-state index in [1.54, 1.807) is 0 Å². The third-order valence-electron chi connectivity index (χ3n) is 10.1. The monoisotopic (exact) mass is 414 g/mol.